The van der Waals surface area contributed by atoms with Crippen molar-refractivity contribution in [1.82, 2.24) is 0 Å². The molecule has 2 nitrogen and oxygen atoms in total. The summed E-state index contributed by atoms with van der Waals surface area (Å²) in [6.07, 6.45) is 17.2. The molecule has 0 saturated heterocycles. The van der Waals surface area contributed by atoms with Gasteiger partial charge in [-0.05, 0) is 69.1 Å². The van der Waals surface area contributed by atoms with Crippen LogP contribution in [0.3, 0.4) is 0 Å². The third-order valence-electron chi connectivity index (χ3n) is 6.50. The molecule has 0 aromatic carbocycles. The van der Waals surface area contributed by atoms with Crippen molar-refractivity contribution in [2.24, 2.45) is 23.7 Å². The Kier molecular flexibility index (Phi) is 6.47. The normalized spacial score (nSPS) is 36.0. The maximum atomic E-state index is 12.4. The second-order valence-electron chi connectivity index (χ2n) is 8.13. The van der Waals surface area contributed by atoms with Gasteiger partial charge >= 0.3 is 5.97 Å². The van der Waals surface area contributed by atoms with Crippen molar-refractivity contribution in [1.29, 1.82) is 0 Å². The van der Waals surface area contributed by atoms with Gasteiger partial charge in [-0.15, -0.1) is 0 Å². The van der Waals surface area contributed by atoms with Crippen molar-refractivity contribution in [3.8, 4) is 0 Å². The Morgan fingerprint density at radius 1 is 0.826 bits per heavy atom. The first-order valence-corrected chi connectivity index (χ1v) is 9.74. The molecule has 134 valence electrons. The van der Waals surface area contributed by atoms with E-state index in [9.17, 15) is 4.79 Å². The number of rotatable bonds is 3. The largest absolute Gasteiger partial charge is 0.462 e. The van der Waals surface area contributed by atoms with E-state index in [2.05, 4.69) is 13.3 Å². The van der Waals surface area contributed by atoms with Gasteiger partial charge in [-0.2, -0.15) is 12.8 Å². The summed E-state index contributed by atoms with van der Waals surface area (Å²) in [5, 5.41) is 0. The summed E-state index contributed by atoms with van der Waals surface area (Å²) in [5.41, 5.74) is 0. The molecule has 0 aromatic rings. The summed E-state index contributed by atoms with van der Waals surface area (Å²) in [6.45, 7) is 2.39. The predicted octanol–water partition coefficient (Wildman–Crippen LogP) is 5.31. The van der Waals surface area contributed by atoms with Crippen LogP contribution < -0.4 is 0 Å². The summed E-state index contributed by atoms with van der Waals surface area (Å²) < 4.78 is 5.77. The van der Waals surface area contributed by atoms with Gasteiger partial charge in [-0.25, -0.2) is 0 Å². The van der Waals surface area contributed by atoms with Gasteiger partial charge in [0, 0.05) is 0 Å². The van der Waals surface area contributed by atoms with E-state index < -0.39 is 0 Å². The minimum Gasteiger partial charge on any atom is -0.462 e. The third-order valence-corrected chi connectivity index (χ3v) is 6.50. The van der Waals surface area contributed by atoms with Crippen LogP contribution in [0, 0.1) is 30.1 Å². The Balaban J connectivity index is 0.00000192. The Bertz CT molecular complexity index is 349. The van der Waals surface area contributed by atoms with Crippen molar-refractivity contribution < 1.29 is 9.53 Å². The molecular formula is C20H33CmO2-. The maximum absolute atomic E-state index is 12.4. The topological polar surface area (TPSA) is 26.3 Å². The number of hydrogen-bond donors (Lipinski definition) is 0. The van der Waals surface area contributed by atoms with Crippen LogP contribution in [0.4, 0.5) is 0 Å². The molecule has 0 aliphatic heterocycles. The second kappa shape index (κ2) is 8.36. The fraction of sp³-hybridized carbons (Fsp3) is 0.900. The second-order valence-corrected chi connectivity index (χ2v) is 8.13. The molecule has 3 heteroatoms. The minimum atomic E-state index is 0. The number of carbonyl (C=O) groups excluding carboxylic acids is 1. The maximum Gasteiger partial charge on any atom is 0.309 e. The van der Waals surface area contributed by atoms with Crippen molar-refractivity contribution in [2.75, 3.05) is 0 Å². The molecule has 3 rings (SSSR count). The Morgan fingerprint density at radius 3 is 1.91 bits per heavy atom. The van der Waals surface area contributed by atoms with E-state index in [1.54, 1.807) is 0 Å². The molecule has 0 radical (unpaired) electrons. The monoisotopic (exact) mass is 548 g/mol. The van der Waals surface area contributed by atoms with Crippen LogP contribution in [0.25, 0.3) is 0 Å². The van der Waals surface area contributed by atoms with Crippen LogP contribution in [-0.2, 0) is 9.53 Å². The zero-order chi connectivity index (χ0) is 15.4. The molecule has 23 heavy (non-hydrogen) atoms. The first kappa shape index (κ1) is 17.8. The average molecular weight is 552 g/mol. The first-order chi connectivity index (χ1) is 10.7. The van der Waals surface area contributed by atoms with Gasteiger partial charge < -0.3 is 11.2 Å². The first-order valence-electron chi connectivity index (χ1n) is 9.74. The Morgan fingerprint density at radius 2 is 1.35 bits per heavy atom. The predicted molar refractivity (Wildman–Crippen MR) is 89.2 cm³/mol. The smallest absolute Gasteiger partial charge is 0.309 e. The molecule has 0 atom stereocenters. The minimum absolute atomic E-state index is 0. The van der Waals surface area contributed by atoms with Crippen LogP contribution in [-0.4, -0.2) is 12.1 Å². The van der Waals surface area contributed by atoms with Gasteiger partial charge in [0.05, 0.1) is 12.0 Å². The molecule has 3 aliphatic rings. The van der Waals surface area contributed by atoms with E-state index in [4.69, 9.17) is 4.74 Å². The number of ether oxygens (including phenoxy) is 1. The number of carbonyl (C=O) groups is 1. The molecule has 0 bridgehead atoms. The molecule has 0 unspecified atom stereocenters. The van der Waals surface area contributed by atoms with Gasteiger partial charge in [0.15, 0.2) is 0 Å². The Hall–Kier alpha value is -1.53. The van der Waals surface area contributed by atoms with E-state index in [0.717, 1.165) is 56.3 Å². The molecule has 3 aliphatic carbocycles. The quantitative estimate of drug-likeness (QED) is 0.351. The molecule has 3 fully saturated rings. The molecule has 0 spiro atoms. The van der Waals surface area contributed by atoms with Crippen molar-refractivity contribution in [3.63, 3.8) is 0 Å². The summed E-state index contributed by atoms with van der Waals surface area (Å²) in [7, 11) is 0. The van der Waals surface area contributed by atoms with Gasteiger partial charge in [0.2, 0.25) is 0 Å². The number of esters is 1. The van der Waals surface area contributed by atoms with Crippen molar-refractivity contribution in [3.05, 3.63) is 6.42 Å². The SMILES string of the molecule is CC1CCC(C2CCC(C(=O)OC3CC[CH-]CC3)CC2)CC1.[Cm]. The van der Waals surface area contributed by atoms with Crippen LogP contribution in [0.5, 0.6) is 0 Å². The zero-order valence-electron chi connectivity index (χ0n) is 14.6. The molecule has 3 saturated carbocycles. The van der Waals surface area contributed by atoms with Crippen LogP contribution in [0.1, 0.15) is 84.0 Å². The van der Waals surface area contributed by atoms with Crippen LogP contribution in [0.15, 0.2) is 0 Å². The van der Waals surface area contributed by atoms with Gasteiger partial charge in [0.1, 0.15) is 0 Å². The fourth-order valence-electron chi connectivity index (χ4n) is 4.86. The molecule has 0 amide bonds. The zero-order valence-corrected chi connectivity index (χ0v) is 17.6. The van der Waals surface area contributed by atoms with E-state index >= 15 is 0 Å². The molecule has 0 N–H and O–H groups in total. The van der Waals surface area contributed by atoms with Crippen LogP contribution >= 0.6 is 0 Å². The summed E-state index contributed by atoms with van der Waals surface area (Å²) in [5.74, 6) is 3.09. The summed E-state index contributed by atoms with van der Waals surface area (Å²) in [4.78, 5) is 12.4. The molecule has 0 aromatic heterocycles. The summed E-state index contributed by atoms with van der Waals surface area (Å²) >= 11 is 0. The van der Waals surface area contributed by atoms with Gasteiger partial charge in [-0.1, -0.05) is 19.8 Å². The van der Waals surface area contributed by atoms with Crippen LogP contribution in [0.2, 0.25) is 0 Å². The van der Waals surface area contributed by atoms with Gasteiger partial charge in [-0.3, -0.25) is 4.79 Å². The summed E-state index contributed by atoms with van der Waals surface area (Å²) in [6, 6.07) is 0. The standard InChI is InChI=1S/C20H33O2.Cm/c1-15-7-9-16(10-8-15)17-11-13-18(14-12-17)20(21)22-19-5-3-2-4-6-19;/h2,15-19H,3-14H2,1H3;/q-1;. The average Bonchev–Trinajstić information content (AvgIpc) is 2.57. The Labute approximate surface area is 136 Å². The van der Waals surface area contributed by atoms with E-state index in [-0.39, 0.29) is 18.0 Å². The molecule has 0 heterocycles. The van der Waals surface area contributed by atoms with E-state index in [1.807, 2.05) is 0 Å². The number of hydrogen-bond acceptors (Lipinski definition) is 2. The fourth-order valence-corrected chi connectivity index (χ4v) is 4.86. The van der Waals surface area contributed by atoms with E-state index in [1.165, 1.54) is 38.5 Å². The molecular weight excluding hydrogens is 519 g/mol. The van der Waals surface area contributed by atoms with Crippen molar-refractivity contribution in [2.45, 2.75) is 90.1 Å². The van der Waals surface area contributed by atoms with Gasteiger partial charge in [0.25, 0.3) is 0 Å². The third kappa shape index (κ3) is 4.72. The van der Waals surface area contributed by atoms with E-state index in [0.29, 0.717) is 0 Å². The van der Waals surface area contributed by atoms with Crippen molar-refractivity contribution >= 4 is 5.97 Å².